The maximum atomic E-state index is 11.8. The Hall–Kier alpha value is -1.71. The number of carbonyl (C=O) groups excluding carboxylic acids is 1. The zero-order valence-corrected chi connectivity index (χ0v) is 11.0. The van der Waals surface area contributed by atoms with Gasteiger partial charge in [0.05, 0.1) is 12.7 Å². The molecule has 4 nitrogen and oxygen atoms in total. The van der Waals surface area contributed by atoms with Gasteiger partial charge in [-0.25, -0.2) is 0 Å². The number of para-hydroxylation sites is 1. The van der Waals surface area contributed by atoms with Crippen molar-refractivity contribution in [1.29, 1.82) is 0 Å². The van der Waals surface area contributed by atoms with E-state index in [9.17, 15) is 9.90 Å². The average molecular weight is 251 g/mol. The van der Waals surface area contributed by atoms with E-state index in [0.717, 1.165) is 12.8 Å². The van der Waals surface area contributed by atoms with Crippen LogP contribution in [0, 0.1) is 0 Å². The summed E-state index contributed by atoms with van der Waals surface area (Å²) in [5.41, 5.74) is 0.254. The van der Waals surface area contributed by atoms with Crippen molar-refractivity contribution in [1.82, 2.24) is 5.32 Å². The molecule has 0 aliphatic rings. The van der Waals surface area contributed by atoms with Gasteiger partial charge in [-0.05, 0) is 18.6 Å². The van der Waals surface area contributed by atoms with Crippen molar-refractivity contribution in [3.8, 4) is 11.5 Å². The molecule has 0 saturated carbocycles. The average Bonchev–Trinajstić information content (AvgIpc) is 2.38. The van der Waals surface area contributed by atoms with Gasteiger partial charge >= 0.3 is 0 Å². The summed E-state index contributed by atoms with van der Waals surface area (Å²) in [6.45, 7) is 2.78. The Morgan fingerprint density at radius 3 is 2.78 bits per heavy atom. The van der Waals surface area contributed by atoms with Gasteiger partial charge in [0.1, 0.15) is 0 Å². The highest BCUT2D eigenvalue weighted by Crippen LogP contribution is 2.29. The zero-order valence-electron chi connectivity index (χ0n) is 11.0. The van der Waals surface area contributed by atoms with Gasteiger partial charge in [-0.2, -0.15) is 0 Å². The van der Waals surface area contributed by atoms with Gasteiger partial charge in [-0.15, -0.1) is 0 Å². The van der Waals surface area contributed by atoms with Gasteiger partial charge in [-0.3, -0.25) is 4.79 Å². The molecule has 0 saturated heterocycles. The van der Waals surface area contributed by atoms with Gasteiger partial charge in [0, 0.05) is 6.54 Å². The third-order valence-corrected chi connectivity index (χ3v) is 2.78. The Kier molecular flexibility index (Phi) is 6.05. The molecule has 1 rings (SSSR count). The van der Waals surface area contributed by atoms with Crippen LogP contribution in [0.4, 0.5) is 0 Å². The summed E-state index contributed by atoms with van der Waals surface area (Å²) in [7, 11) is 1.46. The van der Waals surface area contributed by atoms with Crippen molar-refractivity contribution in [2.75, 3.05) is 13.7 Å². The monoisotopic (exact) mass is 251 g/mol. The van der Waals surface area contributed by atoms with Crippen LogP contribution in [-0.2, 0) is 0 Å². The number of phenolic OH excluding ortho intramolecular Hbond substituents is 1. The maximum absolute atomic E-state index is 11.8. The van der Waals surface area contributed by atoms with Gasteiger partial charge in [-0.1, -0.05) is 32.3 Å². The lowest BCUT2D eigenvalue weighted by atomic mass is 10.1. The summed E-state index contributed by atoms with van der Waals surface area (Å²) in [6.07, 6.45) is 4.43. The van der Waals surface area contributed by atoms with Gasteiger partial charge in [0.15, 0.2) is 11.5 Å². The molecule has 4 heteroatoms. The van der Waals surface area contributed by atoms with Gasteiger partial charge in [0.2, 0.25) is 0 Å². The quantitative estimate of drug-likeness (QED) is 0.732. The van der Waals surface area contributed by atoms with Crippen molar-refractivity contribution in [3.05, 3.63) is 23.8 Å². The standard InChI is InChI=1S/C14H21NO3/c1-3-4-5-6-10-15-14(17)11-8-7-9-12(18-2)13(11)16/h7-9,16H,3-6,10H2,1-2H3,(H,15,17). The lowest BCUT2D eigenvalue weighted by Gasteiger charge is -2.09. The van der Waals surface area contributed by atoms with E-state index in [1.54, 1.807) is 18.2 Å². The molecular formula is C14H21NO3. The molecule has 0 radical (unpaired) electrons. The number of aromatic hydroxyl groups is 1. The van der Waals surface area contributed by atoms with Crippen LogP contribution in [0.15, 0.2) is 18.2 Å². The largest absolute Gasteiger partial charge is 0.504 e. The van der Waals surface area contributed by atoms with E-state index in [-0.39, 0.29) is 17.2 Å². The Morgan fingerprint density at radius 1 is 1.33 bits per heavy atom. The molecular weight excluding hydrogens is 230 g/mol. The number of nitrogens with one attached hydrogen (secondary N) is 1. The van der Waals surface area contributed by atoms with Crippen LogP contribution in [0.25, 0.3) is 0 Å². The predicted molar refractivity (Wildman–Crippen MR) is 71.1 cm³/mol. The second kappa shape index (κ2) is 7.58. The fraction of sp³-hybridized carbons (Fsp3) is 0.500. The van der Waals surface area contributed by atoms with E-state index in [0.29, 0.717) is 12.3 Å². The summed E-state index contributed by atoms with van der Waals surface area (Å²) in [5, 5.41) is 12.6. The number of rotatable bonds is 7. The summed E-state index contributed by atoms with van der Waals surface area (Å²) in [4.78, 5) is 11.8. The number of amides is 1. The van der Waals surface area contributed by atoms with E-state index in [4.69, 9.17) is 4.74 Å². The second-order valence-corrected chi connectivity index (χ2v) is 4.17. The van der Waals surface area contributed by atoms with Crippen LogP contribution < -0.4 is 10.1 Å². The third kappa shape index (κ3) is 3.95. The molecule has 1 aromatic rings. The van der Waals surface area contributed by atoms with Crippen LogP contribution in [0.5, 0.6) is 11.5 Å². The minimum absolute atomic E-state index is 0.106. The number of unbranched alkanes of at least 4 members (excludes halogenated alkanes) is 3. The summed E-state index contributed by atoms with van der Waals surface area (Å²) in [5.74, 6) is -0.0532. The number of phenols is 1. The first-order valence-corrected chi connectivity index (χ1v) is 6.34. The Morgan fingerprint density at radius 2 is 2.11 bits per heavy atom. The topological polar surface area (TPSA) is 58.6 Å². The Labute approximate surface area is 108 Å². The molecule has 0 unspecified atom stereocenters. The molecule has 0 atom stereocenters. The highest BCUT2D eigenvalue weighted by Gasteiger charge is 2.13. The van der Waals surface area contributed by atoms with E-state index in [1.165, 1.54) is 20.0 Å². The summed E-state index contributed by atoms with van der Waals surface area (Å²) < 4.78 is 4.96. The third-order valence-electron chi connectivity index (χ3n) is 2.78. The first kappa shape index (κ1) is 14.4. The van der Waals surface area contributed by atoms with Crippen LogP contribution in [0.1, 0.15) is 43.0 Å². The van der Waals surface area contributed by atoms with Crippen molar-refractivity contribution in [3.63, 3.8) is 0 Å². The Bertz CT molecular complexity index is 391. The molecule has 100 valence electrons. The molecule has 1 amide bonds. The van der Waals surface area contributed by atoms with Crippen molar-refractivity contribution in [2.24, 2.45) is 0 Å². The van der Waals surface area contributed by atoms with Gasteiger partial charge in [0.25, 0.3) is 5.91 Å². The minimum atomic E-state index is -0.261. The number of hydrogen-bond donors (Lipinski definition) is 2. The van der Waals surface area contributed by atoms with Gasteiger partial charge < -0.3 is 15.2 Å². The molecule has 0 spiro atoms. The molecule has 2 N–H and O–H groups in total. The van der Waals surface area contributed by atoms with Crippen LogP contribution in [0.2, 0.25) is 0 Å². The van der Waals surface area contributed by atoms with Crippen LogP contribution >= 0.6 is 0 Å². The lowest BCUT2D eigenvalue weighted by Crippen LogP contribution is -2.24. The normalized spacial score (nSPS) is 10.1. The zero-order chi connectivity index (χ0) is 13.4. The maximum Gasteiger partial charge on any atom is 0.255 e. The number of carbonyl (C=O) groups is 1. The second-order valence-electron chi connectivity index (χ2n) is 4.17. The summed E-state index contributed by atoms with van der Waals surface area (Å²) >= 11 is 0. The van der Waals surface area contributed by atoms with Crippen molar-refractivity contribution >= 4 is 5.91 Å². The molecule has 0 aliphatic heterocycles. The highest BCUT2D eigenvalue weighted by molar-refractivity contribution is 5.97. The van der Waals surface area contributed by atoms with Crippen LogP contribution in [-0.4, -0.2) is 24.7 Å². The van der Waals surface area contributed by atoms with E-state index in [2.05, 4.69) is 12.2 Å². The van der Waals surface area contributed by atoms with E-state index >= 15 is 0 Å². The molecule has 0 aromatic heterocycles. The predicted octanol–water partition coefficient (Wildman–Crippen LogP) is 2.71. The van der Waals surface area contributed by atoms with E-state index < -0.39 is 0 Å². The molecule has 0 fully saturated rings. The molecule has 0 heterocycles. The number of methoxy groups -OCH3 is 1. The summed E-state index contributed by atoms with van der Waals surface area (Å²) in [6, 6.07) is 4.89. The fourth-order valence-electron chi connectivity index (χ4n) is 1.72. The lowest BCUT2D eigenvalue weighted by molar-refractivity contribution is 0.0949. The first-order valence-electron chi connectivity index (χ1n) is 6.34. The van der Waals surface area contributed by atoms with Crippen LogP contribution in [0.3, 0.4) is 0 Å². The number of hydrogen-bond acceptors (Lipinski definition) is 3. The van der Waals surface area contributed by atoms with E-state index in [1.807, 2.05) is 0 Å². The van der Waals surface area contributed by atoms with Crippen molar-refractivity contribution in [2.45, 2.75) is 32.6 Å². The number of benzene rings is 1. The Balaban J connectivity index is 2.51. The highest BCUT2D eigenvalue weighted by atomic mass is 16.5. The molecule has 0 bridgehead atoms. The van der Waals surface area contributed by atoms with Crippen molar-refractivity contribution < 1.29 is 14.6 Å². The fourth-order valence-corrected chi connectivity index (χ4v) is 1.72. The SMILES string of the molecule is CCCCCCNC(=O)c1cccc(OC)c1O. The first-order chi connectivity index (χ1) is 8.70. The minimum Gasteiger partial charge on any atom is -0.504 e. The number of ether oxygens (including phenoxy) is 1. The molecule has 1 aromatic carbocycles. The molecule has 0 aliphatic carbocycles. The smallest absolute Gasteiger partial charge is 0.255 e. The molecule has 18 heavy (non-hydrogen) atoms.